The summed E-state index contributed by atoms with van der Waals surface area (Å²) in [6.45, 7) is 7.03. The minimum atomic E-state index is -0.904. The van der Waals surface area contributed by atoms with Crippen LogP contribution in [0.4, 0.5) is 0 Å². The zero-order valence-corrected chi connectivity index (χ0v) is 11.7. The van der Waals surface area contributed by atoms with Crippen LogP contribution in [0.25, 0.3) is 0 Å². The van der Waals surface area contributed by atoms with Crippen LogP contribution in [0, 0.1) is 5.92 Å². The molecule has 2 unspecified atom stereocenters. The van der Waals surface area contributed by atoms with E-state index in [1.807, 2.05) is 0 Å². The Morgan fingerprint density at radius 2 is 1.74 bits per heavy atom. The van der Waals surface area contributed by atoms with E-state index in [4.69, 9.17) is 10.2 Å². The van der Waals surface area contributed by atoms with Crippen LogP contribution in [-0.4, -0.2) is 70.7 Å². The molecule has 1 saturated heterocycles. The predicted octanol–water partition coefficient (Wildman–Crippen LogP) is 0.578. The van der Waals surface area contributed by atoms with Gasteiger partial charge in [0.1, 0.15) is 6.04 Å². The summed E-state index contributed by atoms with van der Waals surface area (Å²) in [4.78, 5) is 26.0. The summed E-state index contributed by atoms with van der Waals surface area (Å²) in [5.74, 6) is -2.34. The lowest BCUT2D eigenvalue weighted by atomic mass is 10.1. The highest BCUT2D eigenvalue weighted by Gasteiger charge is 2.25. The van der Waals surface area contributed by atoms with Crippen molar-refractivity contribution in [2.24, 2.45) is 5.92 Å². The molecule has 110 valence electrons. The van der Waals surface area contributed by atoms with Gasteiger partial charge in [-0.15, -0.1) is 0 Å². The third-order valence-electron chi connectivity index (χ3n) is 3.74. The lowest BCUT2D eigenvalue weighted by Gasteiger charge is -2.29. The van der Waals surface area contributed by atoms with Crippen LogP contribution >= 0.6 is 0 Å². The molecule has 0 aliphatic carbocycles. The van der Waals surface area contributed by atoms with Crippen LogP contribution in [0.5, 0.6) is 0 Å². The van der Waals surface area contributed by atoms with Crippen LogP contribution in [0.3, 0.4) is 0 Å². The Kier molecular flexibility index (Phi) is 6.24. The molecular formula is C13H24N2O4. The molecule has 0 radical (unpaired) electrons. The van der Waals surface area contributed by atoms with E-state index >= 15 is 0 Å². The number of likely N-dealkylation sites (tertiary alicyclic amines) is 1. The molecule has 1 fully saturated rings. The number of nitrogens with zero attached hydrogens (tertiary/aromatic N) is 2. The second kappa shape index (κ2) is 7.45. The first kappa shape index (κ1) is 15.9. The molecule has 0 aromatic heterocycles. The standard InChI is InChI=1S/C13H24N2O4/c1-10(12(16)17)9-15(11(2)13(18)19)8-7-14-5-3-4-6-14/h10-11H,3-9H2,1-2H3,(H,16,17)(H,18,19). The predicted molar refractivity (Wildman–Crippen MR) is 71.1 cm³/mol. The number of carboxylic acids is 2. The van der Waals surface area contributed by atoms with E-state index in [1.165, 1.54) is 12.8 Å². The number of rotatable bonds is 8. The average Bonchev–Trinajstić information content (AvgIpc) is 2.85. The molecular weight excluding hydrogens is 248 g/mol. The molecule has 0 spiro atoms. The molecule has 1 rings (SSSR count). The first-order valence-electron chi connectivity index (χ1n) is 6.84. The smallest absolute Gasteiger partial charge is 0.320 e. The van der Waals surface area contributed by atoms with Crippen molar-refractivity contribution in [2.75, 3.05) is 32.7 Å². The van der Waals surface area contributed by atoms with Crippen LogP contribution in [0.15, 0.2) is 0 Å². The minimum absolute atomic E-state index is 0.274. The maximum atomic E-state index is 11.1. The maximum absolute atomic E-state index is 11.1. The van der Waals surface area contributed by atoms with E-state index < -0.39 is 23.9 Å². The quantitative estimate of drug-likeness (QED) is 0.672. The van der Waals surface area contributed by atoms with Crippen molar-refractivity contribution in [3.05, 3.63) is 0 Å². The molecule has 0 bridgehead atoms. The third kappa shape index (κ3) is 5.16. The van der Waals surface area contributed by atoms with Crippen molar-refractivity contribution in [1.29, 1.82) is 0 Å². The summed E-state index contributed by atoms with van der Waals surface area (Å²) >= 11 is 0. The topological polar surface area (TPSA) is 81.1 Å². The van der Waals surface area contributed by atoms with Gasteiger partial charge in [-0.05, 0) is 32.9 Å². The number of carbonyl (C=O) groups is 2. The van der Waals surface area contributed by atoms with Gasteiger partial charge in [-0.25, -0.2) is 0 Å². The Hall–Kier alpha value is -1.14. The molecule has 0 aromatic carbocycles. The van der Waals surface area contributed by atoms with Crippen LogP contribution in [-0.2, 0) is 9.59 Å². The third-order valence-corrected chi connectivity index (χ3v) is 3.74. The summed E-state index contributed by atoms with van der Waals surface area (Å²) in [6, 6.07) is -0.649. The van der Waals surface area contributed by atoms with E-state index in [2.05, 4.69) is 4.90 Å². The molecule has 0 aromatic rings. The van der Waals surface area contributed by atoms with Crippen LogP contribution in [0.1, 0.15) is 26.7 Å². The highest BCUT2D eigenvalue weighted by molar-refractivity contribution is 5.73. The first-order valence-corrected chi connectivity index (χ1v) is 6.84. The summed E-state index contributed by atoms with van der Waals surface area (Å²) < 4.78 is 0. The molecule has 1 aliphatic heterocycles. The van der Waals surface area contributed by atoms with Gasteiger partial charge in [0.25, 0.3) is 0 Å². The number of hydrogen-bond acceptors (Lipinski definition) is 4. The Bertz CT molecular complexity index is 316. The van der Waals surface area contributed by atoms with Gasteiger partial charge in [0, 0.05) is 19.6 Å². The Labute approximate surface area is 114 Å². The zero-order valence-electron chi connectivity index (χ0n) is 11.7. The van der Waals surface area contributed by atoms with Gasteiger partial charge in [0.2, 0.25) is 0 Å². The van der Waals surface area contributed by atoms with E-state index in [-0.39, 0.29) is 6.54 Å². The number of hydrogen-bond donors (Lipinski definition) is 2. The van der Waals surface area contributed by atoms with E-state index in [1.54, 1.807) is 18.7 Å². The lowest BCUT2D eigenvalue weighted by Crippen LogP contribution is -2.46. The summed E-state index contributed by atoms with van der Waals surface area (Å²) in [7, 11) is 0. The van der Waals surface area contributed by atoms with Crippen LogP contribution < -0.4 is 0 Å². The largest absolute Gasteiger partial charge is 0.481 e. The van der Waals surface area contributed by atoms with Crippen molar-refractivity contribution in [1.82, 2.24) is 9.80 Å². The van der Waals surface area contributed by atoms with Gasteiger partial charge in [-0.1, -0.05) is 6.92 Å². The van der Waals surface area contributed by atoms with E-state index in [9.17, 15) is 9.59 Å². The van der Waals surface area contributed by atoms with E-state index in [0.717, 1.165) is 19.6 Å². The van der Waals surface area contributed by atoms with Crippen molar-refractivity contribution in [2.45, 2.75) is 32.7 Å². The highest BCUT2D eigenvalue weighted by atomic mass is 16.4. The maximum Gasteiger partial charge on any atom is 0.320 e. The van der Waals surface area contributed by atoms with Crippen molar-refractivity contribution in [3.63, 3.8) is 0 Å². The molecule has 2 atom stereocenters. The summed E-state index contributed by atoms with van der Waals surface area (Å²) in [5.41, 5.74) is 0. The number of carboxylic acid groups (broad SMARTS) is 2. The Morgan fingerprint density at radius 1 is 1.16 bits per heavy atom. The molecule has 0 amide bonds. The lowest BCUT2D eigenvalue weighted by molar-refractivity contribution is -0.146. The highest BCUT2D eigenvalue weighted by Crippen LogP contribution is 2.10. The molecule has 0 saturated carbocycles. The fourth-order valence-corrected chi connectivity index (χ4v) is 2.31. The van der Waals surface area contributed by atoms with Crippen molar-refractivity contribution in [3.8, 4) is 0 Å². The SMILES string of the molecule is CC(CN(CCN1CCCC1)C(C)C(=O)O)C(=O)O. The van der Waals surface area contributed by atoms with Gasteiger partial charge in [-0.3, -0.25) is 14.5 Å². The monoisotopic (exact) mass is 272 g/mol. The first-order chi connectivity index (χ1) is 8.91. The van der Waals surface area contributed by atoms with Gasteiger partial charge < -0.3 is 15.1 Å². The molecule has 1 heterocycles. The molecule has 1 aliphatic rings. The van der Waals surface area contributed by atoms with E-state index in [0.29, 0.717) is 6.54 Å². The van der Waals surface area contributed by atoms with Gasteiger partial charge in [0.05, 0.1) is 5.92 Å². The van der Waals surface area contributed by atoms with Crippen LogP contribution in [0.2, 0.25) is 0 Å². The summed E-state index contributed by atoms with van der Waals surface area (Å²) in [6.07, 6.45) is 2.39. The Morgan fingerprint density at radius 3 is 2.21 bits per heavy atom. The fraction of sp³-hybridized carbons (Fsp3) is 0.846. The van der Waals surface area contributed by atoms with Crippen molar-refractivity contribution < 1.29 is 19.8 Å². The fourth-order valence-electron chi connectivity index (χ4n) is 2.31. The molecule has 6 heteroatoms. The van der Waals surface area contributed by atoms with Gasteiger partial charge in [-0.2, -0.15) is 0 Å². The normalized spacial score (nSPS) is 19.5. The van der Waals surface area contributed by atoms with Crippen molar-refractivity contribution >= 4 is 11.9 Å². The number of aliphatic carboxylic acids is 2. The average molecular weight is 272 g/mol. The second-order valence-corrected chi connectivity index (χ2v) is 5.30. The summed E-state index contributed by atoms with van der Waals surface area (Å²) in [5, 5.41) is 18.0. The zero-order chi connectivity index (χ0) is 14.4. The van der Waals surface area contributed by atoms with Gasteiger partial charge >= 0.3 is 11.9 Å². The molecule has 19 heavy (non-hydrogen) atoms. The Balaban J connectivity index is 2.52. The van der Waals surface area contributed by atoms with Gasteiger partial charge in [0.15, 0.2) is 0 Å². The molecule has 2 N–H and O–H groups in total. The minimum Gasteiger partial charge on any atom is -0.481 e. The molecule has 6 nitrogen and oxygen atoms in total. The second-order valence-electron chi connectivity index (χ2n) is 5.30.